The Morgan fingerprint density at radius 3 is 2.37 bits per heavy atom. The first-order valence-corrected chi connectivity index (χ1v) is 7.36. The highest BCUT2D eigenvalue weighted by atomic mass is 16.5. The molecule has 1 N–H and O–H groups in total. The largest absolute Gasteiger partial charge is 0.377 e. The molecule has 108 valence electrons. The molecule has 0 amide bonds. The van der Waals surface area contributed by atoms with Gasteiger partial charge in [-0.15, -0.1) is 0 Å². The first-order valence-electron chi connectivity index (χ1n) is 7.36. The third-order valence-electron chi connectivity index (χ3n) is 3.58. The van der Waals surface area contributed by atoms with E-state index in [0.29, 0.717) is 6.04 Å². The van der Waals surface area contributed by atoms with Gasteiger partial charge in [0, 0.05) is 19.2 Å². The van der Waals surface area contributed by atoms with Crippen molar-refractivity contribution in [2.45, 2.75) is 58.6 Å². The summed E-state index contributed by atoms with van der Waals surface area (Å²) in [5, 5.41) is 3.57. The lowest BCUT2D eigenvalue weighted by molar-refractivity contribution is 0.0736. The van der Waals surface area contributed by atoms with Gasteiger partial charge < -0.3 is 10.1 Å². The highest BCUT2D eigenvalue weighted by molar-refractivity contribution is 5.23. The van der Waals surface area contributed by atoms with Crippen LogP contribution in [0.3, 0.4) is 0 Å². The minimum absolute atomic E-state index is 0.197. The van der Waals surface area contributed by atoms with Crippen molar-refractivity contribution in [1.82, 2.24) is 5.32 Å². The van der Waals surface area contributed by atoms with Crippen LogP contribution in [0.1, 0.15) is 46.6 Å². The van der Waals surface area contributed by atoms with E-state index in [1.807, 2.05) is 6.92 Å². The van der Waals surface area contributed by atoms with E-state index in [0.717, 1.165) is 19.6 Å². The first-order chi connectivity index (χ1) is 8.95. The fourth-order valence-corrected chi connectivity index (χ4v) is 2.56. The zero-order valence-electron chi connectivity index (χ0n) is 13.1. The molecule has 0 spiro atoms. The van der Waals surface area contributed by atoms with Crippen LogP contribution in [0, 0.1) is 0 Å². The average Bonchev–Trinajstić information content (AvgIpc) is 2.37. The summed E-state index contributed by atoms with van der Waals surface area (Å²) in [7, 11) is 0. The molecule has 0 aliphatic heterocycles. The molecule has 1 aromatic carbocycles. The molecule has 0 bridgehead atoms. The van der Waals surface area contributed by atoms with Crippen LogP contribution in [-0.2, 0) is 10.2 Å². The molecular formula is C17H29NO. The van der Waals surface area contributed by atoms with Gasteiger partial charge in [-0.25, -0.2) is 0 Å². The van der Waals surface area contributed by atoms with Gasteiger partial charge in [0.25, 0.3) is 0 Å². The van der Waals surface area contributed by atoms with Gasteiger partial charge in [0.2, 0.25) is 0 Å². The molecule has 0 saturated heterocycles. The van der Waals surface area contributed by atoms with E-state index in [-0.39, 0.29) is 11.5 Å². The van der Waals surface area contributed by atoms with Crippen molar-refractivity contribution in [3.05, 3.63) is 35.9 Å². The average molecular weight is 263 g/mol. The molecule has 19 heavy (non-hydrogen) atoms. The zero-order chi connectivity index (χ0) is 14.3. The molecule has 0 aliphatic carbocycles. The fraction of sp³-hybridized carbons (Fsp3) is 0.647. The van der Waals surface area contributed by atoms with Crippen LogP contribution in [0.4, 0.5) is 0 Å². The Hall–Kier alpha value is -0.860. The van der Waals surface area contributed by atoms with Crippen LogP contribution >= 0.6 is 0 Å². The van der Waals surface area contributed by atoms with Crippen molar-refractivity contribution in [2.24, 2.45) is 0 Å². The molecule has 0 saturated carbocycles. The SMILES string of the molecule is CCOC(C)CNC(C)CC(C)(C)c1ccccc1. The van der Waals surface area contributed by atoms with Gasteiger partial charge in [0.1, 0.15) is 0 Å². The van der Waals surface area contributed by atoms with Crippen LogP contribution in [0.25, 0.3) is 0 Å². The van der Waals surface area contributed by atoms with E-state index in [1.165, 1.54) is 5.56 Å². The Balaban J connectivity index is 2.45. The summed E-state index contributed by atoms with van der Waals surface area (Å²) in [4.78, 5) is 0. The highest BCUT2D eigenvalue weighted by Crippen LogP contribution is 2.28. The summed E-state index contributed by atoms with van der Waals surface area (Å²) in [6.45, 7) is 12.7. The van der Waals surface area contributed by atoms with Crippen molar-refractivity contribution >= 4 is 0 Å². The maximum atomic E-state index is 5.54. The first kappa shape index (κ1) is 16.2. The lowest BCUT2D eigenvalue weighted by atomic mass is 9.79. The van der Waals surface area contributed by atoms with Crippen LogP contribution in [0.2, 0.25) is 0 Å². The number of hydrogen-bond acceptors (Lipinski definition) is 2. The number of ether oxygens (including phenoxy) is 1. The molecule has 0 radical (unpaired) electrons. The van der Waals surface area contributed by atoms with Gasteiger partial charge in [-0.2, -0.15) is 0 Å². The maximum absolute atomic E-state index is 5.54. The number of rotatable bonds is 8. The van der Waals surface area contributed by atoms with Gasteiger partial charge >= 0.3 is 0 Å². The van der Waals surface area contributed by atoms with Crippen molar-refractivity contribution in [2.75, 3.05) is 13.2 Å². The highest BCUT2D eigenvalue weighted by Gasteiger charge is 2.23. The number of benzene rings is 1. The Labute approximate surface area is 118 Å². The predicted molar refractivity (Wildman–Crippen MR) is 82.6 cm³/mol. The van der Waals surface area contributed by atoms with Crippen molar-refractivity contribution in [3.8, 4) is 0 Å². The fourth-order valence-electron chi connectivity index (χ4n) is 2.56. The van der Waals surface area contributed by atoms with Crippen LogP contribution in [0.5, 0.6) is 0 Å². The van der Waals surface area contributed by atoms with Gasteiger partial charge in [-0.1, -0.05) is 44.2 Å². The molecule has 0 fully saturated rings. The summed E-state index contributed by atoms with van der Waals surface area (Å²) >= 11 is 0. The van der Waals surface area contributed by atoms with Gasteiger partial charge in [-0.05, 0) is 38.2 Å². The third-order valence-corrected chi connectivity index (χ3v) is 3.58. The molecule has 2 unspecified atom stereocenters. The monoisotopic (exact) mass is 263 g/mol. The quantitative estimate of drug-likeness (QED) is 0.771. The smallest absolute Gasteiger partial charge is 0.0671 e. The van der Waals surface area contributed by atoms with E-state index >= 15 is 0 Å². The summed E-state index contributed by atoms with van der Waals surface area (Å²) in [6.07, 6.45) is 1.41. The van der Waals surface area contributed by atoms with Crippen molar-refractivity contribution in [1.29, 1.82) is 0 Å². The lowest BCUT2D eigenvalue weighted by Gasteiger charge is -2.29. The molecule has 1 aromatic rings. The van der Waals surface area contributed by atoms with Crippen LogP contribution in [-0.4, -0.2) is 25.3 Å². The van der Waals surface area contributed by atoms with Gasteiger partial charge in [0.05, 0.1) is 6.10 Å². The number of nitrogens with one attached hydrogen (secondary N) is 1. The zero-order valence-corrected chi connectivity index (χ0v) is 13.1. The van der Waals surface area contributed by atoms with Crippen LogP contribution < -0.4 is 5.32 Å². The lowest BCUT2D eigenvalue weighted by Crippen LogP contribution is -2.37. The van der Waals surface area contributed by atoms with E-state index in [2.05, 4.69) is 63.3 Å². The molecule has 2 atom stereocenters. The minimum atomic E-state index is 0.197. The van der Waals surface area contributed by atoms with E-state index < -0.39 is 0 Å². The molecule has 0 aromatic heterocycles. The molecule has 2 nitrogen and oxygen atoms in total. The third kappa shape index (κ3) is 5.75. The normalized spacial score (nSPS) is 15.2. The summed E-state index contributed by atoms with van der Waals surface area (Å²) < 4.78 is 5.54. The molecule has 2 heteroatoms. The Morgan fingerprint density at radius 2 is 1.79 bits per heavy atom. The Bertz CT molecular complexity index is 348. The van der Waals surface area contributed by atoms with E-state index in [9.17, 15) is 0 Å². The minimum Gasteiger partial charge on any atom is -0.377 e. The molecule has 0 aliphatic rings. The Morgan fingerprint density at radius 1 is 1.16 bits per heavy atom. The van der Waals surface area contributed by atoms with Crippen molar-refractivity contribution in [3.63, 3.8) is 0 Å². The predicted octanol–water partition coefficient (Wildman–Crippen LogP) is 3.76. The summed E-state index contributed by atoms with van der Waals surface area (Å²) in [5.41, 5.74) is 1.60. The molecular weight excluding hydrogens is 234 g/mol. The second kappa shape index (κ2) is 7.66. The van der Waals surface area contributed by atoms with Crippen molar-refractivity contribution < 1.29 is 4.74 Å². The summed E-state index contributed by atoms with van der Waals surface area (Å²) in [6, 6.07) is 11.2. The topological polar surface area (TPSA) is 21.3 Å². The number of hydrogen-bond donors (Lipinski definition) is 1. The second-order valence-corrected chi connectivity index (χ2v) is 6.03. The second-order valence-electron chi connectivity index (χ2n) is 6.03. The van der Waals surface area contributed by atoms with Gasteiger partial charge in [-0.3, -0.25) is 0 Å². The summed E-state index contributed by atoms with van der Waals surface area (Å²) in [5.74, 6) is 0. The maximum Gasteiger partial charge on any atom is 0.0671 e. The molecule has 1 rings (SSSR count). The van der Waals surface area contributed by atoms with Gasteiger partial charge in [0.15, 0.2) is 0 Å². The molecule has 0 heterocycles. The van der Waals surface area contributed by atoms with E-state index in [1.54, 1.807) is 0 Å². The Kier molecular flexibility index (Phi) is 6.53. The van der Waals surface area contributed by atoms with Crippen LogP contribution in [0.15, 0.2) is 30.3 Å². The van der Waals surface area contributed by atoms with E-state index in [4.69, 9.17) is 4.74 Å². The standard InChI is InChI=1S/C17H29NO/c1-6-19-15(3)13-18-14(2)12-17(4,5)16-10-8-7-9-11-16/h7-11,14-15,18H,6,12-13H2,1-5H3.